The van der Waals surface area contributed by atoms with E-state index in [0.29, 0.717) is 0 Å². The van der Waals surface area contributed by atoms with E-state index in [0.717, 1.165) is 24.6 Å². The molecule has 1 N–H and O–H groups in total. The van der Waals surface area contributed by atoms with Gasteiger partial charge in [-0.3, -0.25) is 0 Å². The Kier molecular flexibility index (Phi) is 3.91. The molecule has 1 aliphatic carbocycles. The Hall–Kier alpha value is -1.96. The van der Waals surface area contributed by atoms with Gasteiger partial charge in [-0.25, -0.2) is 0 Å². The third-order valence-electron chi connectivity index (χ3n) is 3.84. The molecule has 3 rings (SSSR count). The zero-order valence-corrected chi connectivity index (χ0v) is 11.9. The van der Waals surface area contributed by atoms with E-state index in [9.17, 15) is 0 Å². The fraction of sp³-hybridized carbons (Fsp3) is 0.333. The van der Waals surface area contributed by atoms with Gasteiger partial charge in [-0.2, -0.15) is 0 Å². The van der Waals surface area contributed by atoms with E-state index in [-0.39, 0.29) is 0 Å². The standard InChI is InChI=1S/C18H21NO/c1-20-18-4-2-3-14(13-18)11-12-19-17-9-7-16(8-10-17)15-5-6-15/h2-4,7-10,13,15,19H,5-6,11-12H2,1H3. The number of anilines is 1. The molecule has 0 spiro atoms. The molecule has 1 saturated carbocycles. The molecule has 1 fully saturated rings. The summed E-state index contributed by atoms with van der Waals surface area (Å²) in [6.45, 7) is 0.940. The minimum atomic E-state index is 0.834. The van der Waals surface area contributed by atoms with Crippen LogP contribution in [-0.4, -0.2) is 13.7 Å². The van der Waals surface area contributed by atoms with Crippen LogP contribution in [0.2, 0.25) is 0 Å². The van der Waals surface area contributed by atoms with Gasteiger partial charge in [0.2, 0.25) is 0 Å². The van der Waals surface area contributed by atoms with E-state index < -0.39 is 0 Å². The van der Waals surface area contributed by atoms with Gasteiger partial charge in [-0.05, 0) is 60.6 Å². The minimum absolute atomic E-state index is 0.834. The largest absolute Gasteiger partial charge is 0.497 e. The van der Waals surface area contributed by atoms with Gasteiger partial charge in [0.05, 0.1) is 7.11 Å². The molecule has 2 nitrogen and oxygen atoms in total. The van der Waals surface area contributed by atoms with Crippen molar-refractivity contribution < 1.29 is 4.74 Å². The SMILES string of the molecule is COc1cccc(CCNc2ccc(C3CC3)cc2)c1. The van der Waals surface area contributed by atoms with Crippen molar-refractivity contribution in [2.45, 2.75) is 25.2 Å². The lowest BCUT2D eigenvalue weighted by atomic mass is 10.1. The number of rotatable bonds is 6. The van der Waals surface area contributed by atoms with Crippen LogP contribution in [0.4, 0.5) is 5.69 Å². The molecule has 104 valence electrons. The van der Waals surface area contributed by atoms with E-state index in [2.05, 4.69) is 41.7 Å². The van der Waals surface area contributed by atoms with Gasteiger partial charge >= 0.3 is 0 Å². The summed E-state index contributed by atoms with van der Waals surface area (Å²) in [5, 5.41) is 3.48. The van der Waals surface area contributed by atoms with Crippen molar-refractivity contribution in [2.24, 2.45) is 0 Å². The predicted molar refractivity (Wildman–Crippen MR) is 83.6 cm³/mol. The number of methoxy groups -OCH3 is 1. The first-order chi connectivity index (χ1) is 9.85. The van der Waals surface area contributed by atoms with Crippen LogP contribution in [0.1, 0.15) is 29.9 Å². The summed E-state index contributed by atoms with van der Waals surface area (Å²) in [6, 6.07) is 17.2. The molecule has 0 bridgehead atoms. The second-order valence-corrected chi connectivity index (χ2v) is 5.42. The average molecular weight is 267 g/mol. The lowest BCUT2D eigenvalue weighted by Gasteiger charge is -2.08. The Bertz CT molecular complexity index is 558. The molecule has 0 radical (unpaired) electrons. The van der Waals surface area contributed by atoms with Crippen LogP contribution in [0.5, 0.6) is 5.75 Å². The van der Waals surface area contributed by atoms with Gasteiger partial charge in [0.1, 0.15) is 5.75 Å². The summed E-state index contributed by atoms with van der Waals surface area (Å²) < 4.78 is 5.24. The topological polar surface area (TPSA) is 21.3 Å². The highest BCUT2D eigenvalue weighted by molar-refractivity contribution is 5.46. The normalized spacial score (nSPS) is 14.1. The maximum Gasteiger partial charge on any atom is 0.119 e. The minimum Gasteiger partial charge on any atom is -0.497 e. The van der Waals surface area contributed by atoms with Gasteiger partial charge in [0.25, 0.3) is 0 Å². The molecule has 0 saturated heterocycles. The molecule has 1 aliphatic rings. The summed E-state index contributed by atoms with van der Waals surface area (Å²) in [6.07, 6.45) is 3.73. The van der Waals surface area contributed by atoms with Crippen LogP contribution in [0.15, 0.2) is 48.5 Å². The van der Waals surface area contributed by atoms with E-state index in [1.165, 1.54) is 29.7 Å². The van der Waals surface area contributed by atoms with Gasteiger partial charge < -0.3 is 10.1 Å². The Balaban J connectivity index is 1.51. The Morgan fingerprint density at radius 2 is 1.90 bits per heavy atom. The summed E-state index contributed by atoms with van der Waals surface area (Å²) in [5.74, 6) is 1.76. The van der Waals surface area contributed by atoms with E-state index >= 15 is 0 Å². The van der Waals surface area contributed by atoms with Gasteiger partial charge in [0.15, 0.2) is 0 Å². The van der Waals surface area contributed by atoms with Gasteiger partial charge in [0, 0.05) is 12.2 Å². The van der Waals surface area contributed by atoms with Crippen LogP contribution >= 0.6 is 0 Å². The van der Waals surface area contributed by atoms with Crippen molar-refractivity contribution in [2.75, 3.05) is 19.0 Å². The molecular formula is C18H21NO. The zero-order chi connectivity index (χ0) is 13.8. The molecule has 0 aromatic heterocycles. The quantitative estimate of drug-likeness (QED) is 0.845. The molecule has 2 aromatic carbocycles. The molecule has 0 heterocycles. The highest BCUT2D eigenvalue weighted by atomic mass is 16.5. The summed E-state index contributed by atoms with van der Waals surface area (Å²) in [4.78, 5) is 0. The van der Waals surface area contributed by atoms with Gasteiger partial charge in [-0.15, -0.1) is 0 Å². The zero-order valence-electron chi connectivity index (χ0n) is 11.9. The third kappa shape index (κ3) is 3.32. The van der Waals surface area contributed by atoms with E-state index in [1.54, 1.807) is 7.11 Å². The molecule has 0 amide bonds. The highest BCUT2D eigenvalue weighted by Crippen LogP contribution is 2.40. The third-order valence-corrected chi connectivity index (χ3v) is 3.84. The lowest BCUT2D eigenvalue weighted by Crippen LogP contribution is -2.04. The Labute approximate surface area is 120 Å². The number of nitrogens with one attached hydrogen (secondary N) is 1. The van der Waals surface area contributed by atoms with Crippen molar-refractivity contribution in [3.05, 3.63) is 59.7 Å². The van der Waals surface area contributed by atoms with Crippen molar-refractivity contribution in [3.8, 4) is 5.75 Å². The summed E-state index contributed by atoms with van der Waals surface area (Å²) in [5.41, 5.74) is 3.99. The summed E-state index contributed by atoms with van der Waals surface area (Å²) in [7, 11) is 1.71. The summed E-state index contributed by atoms with van der Waals surface area (Å²) >= 11 is 0. The van der Waals surface area contributed by atoms with Crippen molar-refractivity contribution in [1.29, 1.82) is 0 Å². The number of hydrogen-bond donors (Lipinski definition) is 1. The first-order valence-corrected chi connectivity index (χ1v) is 7.32. The van der Waals surface area contributed by atoms with Crippen LogP contribution in [0.25, 0.3) is 0 Å². The Morgan fingerprint density at radius 1 is 1.10 bits per heavy atom. The average Bonchev–Trinajstić information content (AvgIpc) is 3.33. The Morgan fingerprint density at radius 3 is 2.60 bits per heavy atom. The monoisotopic (exact) mass is 267 g/mol. The maximum absolute atomic E-state index is 5.24. The second-order valence-electron chi connectivity index (χ2n) is 5.42. The molecule has 0 atom stereocenters. The number of hydrogen-bond acceptors (Lipinski definition) is 2. The lowest BCUT2D eigenvalue weighted by molar-refractivity contribution is 0.414. The van der Waals surface area contributed by atoms with Crippen molar-refractivity contribution in [1.82, 2.24) is 0 Å². The first-order valence-electron chi connectivity index (χ1n) is 7.32. The molecule has 2 heteroatoms. The van der Waals surface area contributed by atoms with Crippen LogP contribution < -0.4 is 10.1 Å². The molecule has 2 aromatic rings. The smallest absolute Gasteiger partial charge is 0.119 e. The van der Waals surface area contributed by atoms with Crippen molar-refractivity contribution in [3.63, 3.8) is 0 Å². The first kappa shape index (κ1) is 13.0. The number of benzene rings is 2. The highest BCUT2D eigenvalue weighted by Gasteiger charge is 2.22. The fourth-order valence-electron chi connectivity index (χ4n) is 2.47. The van der Waals surface area contributed by atoms with E-state index in [1.807, 2.05) is 12.1 Å². The van der Waals surface area contributed by atoms with E-state index in [4.69, 9.17) is 4.74 Å². The molecule has 20 heavy (non-hydrogen) atoms. The fourth-order valence-corrected chi connectivity index (χ4v) is 2.47. The maximum atomic E-state index is 5.24. The molecular weight excluding hydrogens is 246 g/mol. The number of ether oxygens (including phenoxy) is 1. The van der Waals surface area contributed by atoms with Gasteiger partial charge in [-0.1, -0.05) is 24.3 Å². The van der Waals surface area contributed by atoms with Crippen LogP contribution in [0, 0.1) is 0 Å². The predicted octanol–water partition coefficient (Wildman–Crippen LogP) is 4.23. The molecule has 0 aliphatic heterocycles. The van der Waals surface area contributed by atoms with Crippen LogP contribution in [-0.2, 0) is 6.42 Å². The molecule has 0 unspecified atom stereocenters. The second kappa shape index (κ2) is 6.00. The van der Waals surface area contributed by atoms with Crippen LogP contribution in [0.3, 0.4) is 0 Å². The van der Waals surface area contributed by atoms with Crippen molar-refractivity contribution >= 4 is 5.69 Å².